The molecule has 2 heterocycles. The van der Waals surface area contributed by atoms with E-state index in [1.807, 2.05) is 18.5 Å². The molecule has 1 saturated heterocycles. The Kier molecular flexibility index (Phi) is 8.33. The van der Waals surface area contributed by atoms with Crippen molar-refractivity contribution in [3.63, 3.8) is 0 Å². The van der Waals surface area contributed by atoms with Crippen molar-refractivity contribution < 1.29 is 0 Å². The molecule has 27 heavy (non-hydrogen) atoms. The van der Waals surface area contributed by atoms with Crippen LogP contribution in [0.15, 0.2) is 35.3 Å². The number of piperidine rings is 1. The van der Waals surface area contributed by atoms with Gasteiger partial charge in [-0.3, -0.25) is 0 Å². The fourth-order valence-electron chi connectivity index (χ4n) is 3.22. The average molecular weight is 483 g/mol. The quantitative estimate of drug-likeness (QED) is 0.389. The zero-order valence-corrected chi connectivity index (χ0v) is 18.7. The van der Waals surface area contributed by atoms with Crippen molar-refractivity contribution in [3.05, 3.63) is 42.0 Å². The molecule has 1 fully saturated rings. The molecule has 0 bridgehead atoms. The van der Waals surface area contributed by atoms with E-state index in [1.165, 1.54) is 12.1 Å². The summed E-state index contributed by atoms with van der Waals surface area (Å²) in [5.41, 5.74) is 1.29. The minimum absolute atomic E-state index is 0. The number of rotatable bonds is 5. The molecule has 1 aromatic heterocycles. The number of nitrogens with zero attached hydrogens (tertiary/aromatic N) is 5. The molecule has 7 nitrogen and oxygen atoms in total. The Morgan fingerprint density at radius 1 is 1.26 bits per heavy atom. The van der Waals surface area contributed by atoms with Crippen LogP contribution in [0.5, 0.6) is 0 Å². The monoisotopic (exact) mass is 483 g/mol. The standard InChI is InChI=1S/C19H29N7.HI/c1-4-20-19(21-13-18-24-23-15(2)25(18)3)22-16-9-8-12-26(14-16)17-10-6-5-7-11-17;/h5-7,10-11,16H,4,8-9,12-14H2,1-3H3,(H2,20,21,22);1H. The highest BCUT2D eigenvalue weighted by Gasteiger charge is 2.21. The first kappa shape index (κ1) is 21.5. The van der Waals surface area contributed by atoms with Crippen molar-refractivity contribution in [2.24, 2.45) is 12.0 Å². The summed E-state index contributed by atoms with van der Waals surface area (Å²) in [5, 5.41) is 15.2. The Morgan fingerprint density at radius 2 is 2.04 bits per heavy atom. The van der Waals surface area contributed by atoms with Crippen LogP contribution in [0.3, 0.4) is 0 Å². The third-order valence-corrected chi connectivity index (χ3v) is 4.79. The minimum atomic E-state index is 0. The van der Waals surface area contributed by atoms with E-state index in [0.717, 1.165) is 43.7 Å². The van der Waals surface area contributed by atoms with Crippen molar-refractivity contribution in [1.82, 2.24) is 25.4 Å². The molecular weight excluding hydrogens is 453 g/mol. The first-order valence-corrected chi connectivity index (χ1v) is 9.37. The number of aliphatic imine (C=N–C) groups is 1. The number of hydrogen-bond donors (Lipinski definition) is 2. The number of hydrogen-bond acceptors (Lipinski definition) is 4. The van der Waals surface area contributed by atoms with Gasteiger partial charge in [0.1, 0.15) is 12.4 Å². The Labute approximate surface area is 178 Å². The Balaban J connectivity index is 0.00000261. The summed E-state index contributed by atoms with van der Waals surface area (Å²) in [6.07, 6.45) is 2.32. The fourth-order valence-corrected chi connectivity index (χ4v) is 3.22. The molecule has 1 aliphatic rings. The highest BCUT2D eigenvalue weighted by molar-refractivity contribution is 14.0. The van der Waals surface area contributed by atoms with Gasteiger partial charge in [0.05, 0.1) is 0 Å². The van der Waals surface area contributed by atoms with Gasteiger partial charge in [-0.1, -0.05) is 18.2 Å². The van der Waals surface area contributed by atoms with Crippen LogP contribution in [-0.4, -0.2) is 46.4 Å². The van der Waals surface area contributed by atoms with E-state index < -0.39 is 0 Å². The lowest BCUT2D eigenvalue weighted by Crippen LogP contribution is -2.51. The van der Waals surface area contributed by atoms with Gasteiger partial charge >= 0.3 is 0 Å². The van der Waals surface area contributed by atoms with E-state index in [4.69, 9.17) is 4.99 Å². The Morgan fingerprint density at radius 3 is 2.70 bits per heavy atom. The van der Waals surface area contributed by atoms with Crippen LogP contribution in [0.4, 0.5) is 5.69 Å². The topological polar surface area (TPSA) is 70.4 Å². The van der Waals surface area contributed by atoms with Crippen LogP contribution in [0.1, 0.15) is 31.4 Å². The van der Waals surface area contributed by atoms with Crippen molar-refractivity contribution in [2.75, 3.05) is 24.5 Å². The zero-order chi connectivity index (χ0) is 18.4. The molecule has 0 amide bonds. The van der Waals surface area contributed by atoms with Crippen LogP contribution in [0, 0.1) is 6.92 Å². The second kappa shape index (κ2) is 10.5. The second-order valence-electron chi connectivity index (χ2n) is 6.68. The summed E-state index contributed by atoms with van der Waals surface area (Å²) >= 11 is 0. The molecule has 3 rings (SSSR count). The maximum absolute atomic E-state index is 4.70. The highest BCUT2D eigenvalue weighted by Crippen LogP contribution is 2.19. The SMILES string of the molecule is CCNC(=NCc1nnc(C)n1C)NC1CCCN(c2ccccc2)C1.I. The van der Waals surface area contributed by atoms with Crippen LogP contribution in [-0.2, 0) is 13.6 Å². The Hall–Kier alpha value is -1.84. The number of benzene rings is 1. The molecule has 0 radical (unpaired) electrons. The van der Waals surface area contributed by atoms with Crippen LogP contribution in [0.25, 0.3) is 0 Å². The summed E-state index contributed by atoms with van der Waals surface area (Å²) in [6, 6.07) is 11.0. The van der Waals surface area contributed by atoms with Gasteiger partial charge in [0.25, 0.3) is 0 Å². The third-order valence-electron chi connectivity index (χ3n) is 4.79. The lowest BCUT2D eigenvalue weighted by molar-refractivity contribution is 0.468. The molecular formula is C19H30IN7. The van der Waals surface area contributed by atoms with Gasteiger partial charge in [-0.05, 0) is 38.8 Å². The largest absolute Gasteiger partial charge is 0.369 e. The van der Waals surface area contributed by atoms with Gasteiger partial charge in [0.2, 0.25) is 0 Å². The molecule has 1 aliphatic heterocycles. The van der Waals surface area contributed by atoms with Gasteiger partial charge in [-0.25, -0.2) is 4.99 Å². The normalized spacial score (nSPS) is 17.4. The minimum Gasteiger partial charge on any atom is -0.369 e. The van der Waals surface area contributed by atoms with Crippen LogP contribution < -0.4 is 15.5 Å². The van der Waals surface area contributed by atoms with E-state index in [2.05, 4.69) is 63.0 Å². The molecule has 0 spiro atoms. The molecule has 0 aliphatic carbocycles. The van der Waals surface area contributed by atoms with E-state index in [9.17, 15) is 0 Å². The molecule has 148 valence electrons. The predicted molar refractivity (Wildman–Crippen MR) is 121 cm³/mol. The zero-order valence-electron chi connectivity index (χ0n) is 16.4. The van der Waals surface area contributed by atoms with E-state index in [1.54, 1.807) is 0 Å². The number of halogens is 1. The number of guanidine groups is 1. The summed E-state index contributed by atoms with van der Waals surface area (Å²) in [4.78, 5) is 7.14. The summed E-state index contributed by atoms with van der Waals surface area (Å²) in [6.45, 7) is 7.47. The number of aromatic nitrogens is 3. The molecule has 1 unspecified atom stereocenters. The summed E-state index contributed by atoms with van der Waals surface area (Å²) < 4.78 is 1.98. The van der Waals surface area contributed by atoms with Crippen molar-refractivity contribution in [3.8, 4) is 0 Å². The second-order valence-corrected chi connectivity index (χ2v) is 6.68. The van der Waals surface area contributed by atoms with Crippen molar-refractivity contribution in [1.29, 1.82) is 0 Å². The lowest BCUT2D eigenvalue weighted by atomic mass is 10.1. The molecule has 1 atom stereocenters. The third kappa shape index (κ3) is 5.82. The van der Waals surface area contributed by atoms with Crippen molar-refractivity contribution >= 4 is 35.6 Å². The number of nitrogens with one attached hydrogen (secondary N) is 2. The number of aryl methyl sites for hydroxylation is 1. The van der Waals surface area contributed by atoms with Gasteiger partial charge in [0, 0.05) is 38.4 Å². The molecule has 8 heteroatoms. The number of para-hydroxylation sites is 1. The summed E-state index contributed by atoms with van der Waals surface area (Å²) in [7, 11) is 1.97. The smallest absolute Gasteiger partial charge is 0.191 e. The summed E-state index contributed by atoms with van der Waals surface area (Å²) in [5.74, 6) is 2.61. The maximum atomic E-state index is 4.70. The molecule has 2 N–H and O–H groups in total. The molecule has 1 aromatic carbocycles. The Bertz CT molecular complexity index is 729. The predicted octanol–water partition coefficient (Wildman–Crippen LogP) is 2.47. The van der Waals surface area contributed by atoms with E-state index in [-0.39, 0.29) is 24.0 Å². The van der Waals surface area contributed by atoms with Crippen LogP contribution >= 0.6 is 24.0 Å². The average Bonchev–Trinajstić information content (AvgIpc) is 2.99. The lowest BCUT2D eigenvalue weighted by Gasteiger charge is -2.35. The van der Waals surface area contributed by atoms with E-state index >= 15 is 0 Å². The molecule has 2 aromatic rings. The van der Waals surface area contributed by atoms with Crippen LogP contribution in [0.2, 0.25) is 0 Å². The fraction of sp³-hybridized carbons (Fsp3) is 0.526. The van der Waals surface area contributed by atoms with Crippen molar-refractivity contribution in [2.45, 2.75) is 39.3 Å². The highest BCUT2D eigenvalue weighted by atomic mass is 127. The first-order valence-electron chi connectivity index (χ1n) is 9.37. The maximum Gasteiger partial charge on any atom is 0.191 e. The molecule has 0 saturated carbocycles. The van der Waals surface area contributed by atoms with Gasteiger partial charge in [-0.15, -0.1) is 34.2 Å². The van der Waals surface area contributed by atoms with Gasteiger partial charge in [0.15, 0.2) is 11.8 Å². The van der Waals surface area contributed by atoms with Gasteiger partial charge in [-0.2, -0.15) is 0 Å². The number of anilines is 1. The van der Waals surface area contributed by atoms with E-state index in [0.29, 0.717) is 12.6 Å². The van der Waals surface area contributed by atoms with Gasteiger partial charge < -0.3 is 20.1 Å². The first-order chi connectivity index (χ1) is 12.7.